The van der Waals surface area contributed by atoms with Crippen LogP contribution in [0.2, 0.25) is 0 Å². The number of halogens is 1. The van der Waals surface area contributed by atoms with Crippen molar-refractivity contribution in [3.05, 3.63) is 41.4 Å². The van der Waals surface area contributed by atoms with Crippen LogP contribution in [0.15, 0.2) is 41.4 Å². The Bertz CT molecular complexity index is 748. The van der Waals surface area contributed by atoms with E-state index in [2.05, 4.69) is 46.4 Å². The van der Waals surface area contributed by atoms with Gasteiger partial charge in [0.05, 0.1) is 4.47 Å². The molecule has 2 heterocycles. The fourth-order valence-electron chi connectivity index (χ4n) is 1.50. The van der Waals surface area contributed by atoms with Gasteiger partial charge in [0, 0.05) is 0 Å². The first kappa shape index (κ1) is 13.4. The van der Waals surface area contributed by atoms with E-state index in [9.17, 15) is 0 Å². The molecule has 0 fully saturated rings. The van der Waals surface area contributed by atoms with Gasteiger partial charge in [0.1, 0.15) is 18.4 Å². The molecule has 1 aromatic carbocycles. The number of ether oxygens (including phenoxy) is 1. The van der Waals surface area contributed by atoms with Crippen LogP contribution in [0.3, 0.4) is 0 Å². The molecular formula is C11H9BrN8O. The maximum Gasteiger partial charge on any atom is 0.328 e. The predicted molar refractivity (Wildman–Crippen MR) is 76.8 cm³/mol. The Labute approximate surface area is 127 Å². The van der Waals surface area contributed by atoms with Crippen molar-refractivity contribution in [3.8, 4) is 17.7 Å². The highest BCUT2D eigenvalue weighted by Crippen LogP contribution is 2.27. The first-order valence-corrected chi connectivity index (χ1v) is 6.55. The van der Waals surface area contributed by atoms with Gasteiger partial charge in [0.25, 0.3) is 5.95 Å². The molecule has 0 spiro atoms. The third-order valence-electron chi connectivity index (χ3n) is 2.39. The zero-order valence-corrected chi connectivity index (χ0v) is 12.1. The van der Waals surface area contributed by atoms with E-state index in [0.717, 1.165) is 4.47 Å². The van der Waals surface area contributed by atoms with Crippen LogP contribution in [0.5, 0.6) is 11.8 Å². The van der Waals surface area contributed by atoms with Crippen LogP contribution < -0.4 is 16.0 Å². The molecule has 0 aliphatic carbocycles. The lowest BCUT2D eigenvalue weighted by molar-refractivity contribution is 0.435. The van der Waals surface area contributed by atoms with Gasteiger partial charge < -0.3 is 4.74 Å². The highest BCUT2D eigenvalue weighted by molar-refractivity contribution is 9.10. The van der Waals surface area contributed by atoms with E-state index in [0.29, 0.717) is 5.75 Å². The highest BCUT2D eigenvalue weighted by Gasteiger charge is 2.11. The molecule has 0 aliphatic rings. The van der Waals surface area contributed by atoms with Crippen molar-refractivity contribution in [1.29, 1.82) is 0 Å². The quantitative estimate of drug-likeness (QED) is 0.535. The molecule has 9 nitrogen and oxygen atoms in total. The van der Waals surface area contributed by atoms with Crippen molar-refractivity contribution < 1.29 is 4.74 Å². The monoisotopic (exact) mass is 348 g/mol. The van der Waals surface area contributed by atoms with Crippen LogP contribution in [-0.2, 0) is 0 Å². The van der Waals surface area contributed by atoms with Crippen molar-refractivity contribution in [2.45, 2.75) is 0 Å². The minimum Gasteiger partial charge on any atom is -0.423 e. The maximum atomic E-state index is 5.62. The summed E-state index contributed by atoms with van der Waals surface area (Å²) in [6.45, 7) is 0. The summed E-state index contributed by atoms with van der Waals surface area (Å²) in [7, 11) is 0. The van der Waals surface area contributed by atoms with E-state index in [1.54, 1.807) is 6.07 Å². The van der Waals surface area contributed by atoms with Crippen molar-refractivity contribution >= 4 is 21.9 Å². The summed E-state index contributed by atoms with van der Waals surface area (Å²) < 4.78 is 7.77. The molecule has 0 unspecified atom stereocenters. The van der Waals surface area contributed by atoms with Crippen molar-refractivity contribution in [1.82, 2.24) is 29.7 Å². The Kier molecular flexibility index (Phi) is 3.71. The summed E-state index contributed by atoms with van der Waals surface area (Å²) in [5.74, 6) is 6.30. The number of nitrogens with zero attached hydrogens (tertiary/aromatic N) is 6. The minimum atomic E-state index is 0.0790. The zero-order valence-electron chi connectivity index (χ0n) is 10.5. The third kappa shape index (κ3) is 2.95. The second kappa shape index (κ2) is 5.81. The van der Waals surface area contributed by atoms with Crippen molar-refractivity contribution in [2.24, 2.45) is 5.84 Å². The summed E-state index contributed by atoms with van der Waals surface area (Å²) >= 11 is 3.38. The SMILES string of the molecule is NNc1nc(Oc2ccccc2Br)nc(-n2cncn2)n1. The van der Waals surface area contributed by atoms with Crippen molar-refractivity contribution in [3.63, 3.8) is 0 Å². The fraction of sp³-hybridized carbons (Fsp3) is 0. The van der Waals surface area contributed by atoms with E-state index in [-0.39, 0.29) is 17.9 Å². The van der Waals surface area contributed by atoms with Gasteiger partial charge in [-0.3, -0.25) is 5.43 Å². The summed E-state index contributed by atoms with van der Waals surface area (Å²) in [6.07, 6.45) is 2.82. The topological polar surface area (TPSA) is 117 Å². The Morgan fingerprint density at radius 2 is 2.05 bits per heavy atom. The lowest BCUT2D eigenvalue weighted by atomic mass is 10.3. The van der Waals surface area contributed by atoms with Gasteiger partial charge in [-0.25, -0.2) is 10.8 Å². The summed E-state index contributed by atoms with van der Waals surface area (Å²) in [6, 6.07) is 7.41. The molecule has 2 aromatic heterocycles. The average molecular weight is 349 g/mol. The molecule has 0 amide bonds. The molecule has 21 heavy (non-hydrogen) atoms. The molecule has 0 saturated heterocycles. The second-order valence-electron chi connectivity index (χ2n) is 3.76. The maximum absolute atomic E-state index is 5.62. The van der Waals surface area contributed by atoms with Crippen LogP contribution >= 0.6 is 15.9 Å². The molecule has 3 N–H and O–H groups in total. The van der Waals surface area contributed by atoms with E-state index in [1.807, 2.05) is 18.2 Å². The number of hydrogen-bond acceptors (Lipinski definition) is 8. The third-order valence-corrected chi connectivity index (χ3v) is 3.05. The Morgan fingerprint density at radius 3 is 2.76 bits per heavy atom. The van der Waals surface area contributed by atoms with Crippen LogP contribution in [0.1, 0.15) is 0 Å². The normalized spacial score (nSPS) is 10.4. The van der Waals surface area contributed by atoms with E-state index in [4.69, 9.17) is 10.6 Å². The molecule has 3 aromatic rings. The molecule has 0 bridgehead atoms. The second-order valence-corrected chi connectivity index (χ2v) is 4.61. The van der Waals surface area contributed by atoms with E-state index >= 15 is 0 Å². The molecule has 0 atom stereocenters. The summed E-state index contributed by atoms with van der Waals surface area (Å²) in [4.78, 5) is 16.1. The van der Waals surface area contributed by atoms with Crippen LogP contribution in [0.25, 0.3) is 5.95 Å². The summed E-state index contributed by atoms with van der Waals surface area (Å²) in [5.41, 5.74) is 2.35. The number of anilines is 1. The number of benzene rings is 1. The molecule has 0 radical (unpaired) electrons. The lowest BCUT2D eigenvalue weighted by Crippen LogP contribution is -2.14. The number of nitrogen functional groups attached to an aromatic ring is 1. The molecule has 0 aliphatic heterocycles. The van der Waals surface area contributed by atoms with Gasteiger partial charge >= 0.3 is 6.01 Å². The number of hydrogen-bond donors (Lipinski definition) is 2. The highest BCUT2D eigenvalue weighted by atomic mass is 79.9. The van der Waals surface area contributed by atoms with Crippen LogP contribution in [0.4, 0.5) is 5.95 Å². The van der Waals surface area contributed by atoms with Crippen LogP contribution in [-0.4, -0.2) is 29.7 Å². The van der Waals surface area contributed by atoms with Gasteiger partial charge in [0.2, 0.25) is 5.95 Å². The number of nitrogens with two attached hydrogens (primary N) is 1. The number of para-hydroxylation sites is 1. The first-order valence-electron chi connectivity index (χ1n) is 5.76. The fourth-order valence-corrected chi connectivity index (χ4v) is 1.86. The van der Waals surface area contributed by atoms with Gasteiger partial charge in [-0.1, -0.05) is 12.1 Å². The lowest BCUT2D eigenvalue weighted by Gasteiger charge is -2.08. The smallest absolute Gasteiger partial charge is 0.328 e. The van der Waals surface area contributed by atoms with Gasteiger partial charge in [-0.05, 0) is 28.1 Å². The number of rotatable bonds is 4. The summed E-state index contributed by atoms with van der Waals surface area (Å²) in [5, 5.41) is 3.95. The van der Waals surface area contributed by atoms with Crippen molar-refractivity contribution in [2.75, 3.05) is 5.43 Å². The Morgan fingerprint density at radius 1 is 1.19 bits per heavy atom. The Balaban J connectivity index is 1.99. The van der Waals surface area contributed by atoms with Crippen LogP contribution in [0, 0.1) is 0 Å². The average Bonchev–Trinajstić information content (AvgIpc) is 3.04. The standard InChI is InChI=1S/C11H9BrN8O/c12-7-3-1-2-4-8(7)21-11-17-9(19-13)16-10(18-11)20-6-14-5-15-20/h1-6H,13H2,(H,16,17,18,19). The Hall–Kier alpha value is -2.59. The molecule has 0 saturated carbocycles. The number of aromatic nitrogens is 6. The van der Waals surface area contributed by atoms with E-state index < -0.39 is 0 Å². The number of hydrazine groups is 1. The molecular weight excluding hydrogens is 340 g/mol. The van der Waals surface area contributed by atoms with E-state index in [1.165, 1.54) is 17.3 Å². The molecule has 106 valence electrons. The minimum absolute atomic E-state index is 0.0790. The molecule has 3 rings (SSSR count). The number of nitrogens with one attached hydrogen (secondary N) is 1. The van der Waals surface area contributed by atoms with Gasteiger partial charge in [0.15, 0.2) is 0 Å². The molecule has 10 heteroatoms. The first-order chi connectivity index (χ1) is 10.3. The van der Waals surface area contributed by atoms with Gasteiger partial charge in [-0.15, -0.1) is 0 Å². The largest absolute Gasteiger partial charge is 0.423 e. The van der Waals surface area contributed by atoms with Gasteiger partial charge in [-0.2, -0.15) is 24.7 Å². The zero-order chi connectivity index (χ0) is 14.7. The predicted octanol–water partition coefficient (Wildman–Crippen LogP) is 1.29.